The van der Waals surface area contributed by atoms with Crippen LogP contribution >= 0.6 is 0 Å². The van der Waals surface area contributed by atoms with Crippen molar-refractivity contribution in [1.29, 1.82) is 0 Å². The van der Waals surface area contributed by atoms with E-state index < -0.39 is 6.10 Å². The number of urea groups is 1. The molecule has 0 bridgehead atoms. The number of carbonyl (C=O) groups is 1. The number of hydrogen-bond donors (Lipinski definition) is 4. The number of rotatable bonds is 5. The molecule has 3 aromatic rings. The molecule has 2 amide bonds. The van der Waals surface area contributed by atoms with Crippen molar-refractivity contribution in [3.05, 3.63) is 54.2 Å². The van der Waals surface area contributed by atoms with Crippen molar-refractivity contribution in [2.75, 3.05) is 6.54 Å². The Labute approximate surface area is 132 Å². The zero-order chi connectivity index (χ0) is 16.2. The highest BCUT2D eigenvalue weighted by Gasteiger charge is 2.15. The molecule has 0 aliphatic carbocycles. The largest absolute Gasteiger partial charge is 0.467 e. The molecule has 23 heavy (non-hydrogen) atoms. The molecule has 7 heteroatoms. The summed E-state index contributed by atoms with van der Waals surface area (Å²) in [6.07, 6.45) is 0.597. The number of aromatic amines is 1. The minimum atomic E-state index is -0.878. The van der Waals surface area contributed by atoms with E-state index in [9.17, 15) is 9.90 Å². The van der Waals surface area contributed by atoms with Crippen molar-refractivity contribution in [3.8, 4) is 0 Å². The van der Waals surface area contributed by atoms with Gasteiger partial charge in [-0.25, -0.2) is 9.78 Å². The quantitative estimate of drug-likeness (QED) is 0.580. The first-order valence-corrected chi connectivity index (χ1v) is 7.34. The molecule has 0 fully saturated rings. The second kappa shape index (κ2) is 6.53. The average Bonchev–Trinajstić information content (AvgIpc) is 3.21. The van der Waals surface area contributed by atoms with Crippen LogP contribution in [0, 0.1) is 0 Å². The summed E-state index contributed by atoms with van der Waals surface area (Å²) >= 11 is 0. The number of benzene rings is 1. The minimum absolute atomic E-state index is 0.0617. The Morgan fingerprint density at radius 2 is 2.17 bits per heavy atom. The minimum Gasteiger partial charge on any atom is -0.467 e. The summed E-state index contributed by atoms with van der Waals surface area (Å²) in [7, 11) is 0. The molecular formula is C16H18N4O3. The Bertz CT molecular complexity index is 749. The SMILES string of the molecule is CC(NC(=O)NCC(O)c1ccco1)c1nc2ccccc2[nH]1. The average molecular weight is 314 g/mol. The summed E-state index contributed by atoms with van der Waals surface area (Å²) in [6.45, 7) is 1.90. The number of hydrogen-bond acceptors (Lipinski definition) is 4. The molecule has 0 aliphatic rings. The van der Waals surface area contributed by atoms with Gasteiger partial charge >= 0.3 is 6.03 Å². The lowest BCUT2D eigenvalue weighted by Gasteiger charge is -2.14. The number of carbonyl (C=O) groups excluding carboxylic acids is 1. The van der Waals surface area contributed by atoms with Crippen LogP contribution in [0.2, 0.25) is 0 Å². The molecule has 7 nitrogen and oxygen atoms in total. The van der Waals surface area contributed by atoms with E-state index in [-0.39, 0.29) is 18.6 Å². The van der Waals surface area contributed by atoms with E-state index in [0.717, 1.165) is 11.0 Å². The molecule has 0 spiro atoms. The Kier molecular flexibility index (Phi) is 4.29. The molecule has 0 radical (unpaired) electrons. The number of fused-ring (bicyclic) bond motifs is 1. The van der Waals surface area contributed by atoms with Crippen molar-refractivity contribution >= 4 is 17.1 Å². The summed E-state index contributed by atoms with van der Waals surface area (Å²) in [5, 5.41) is 15.2. The van der Waals surface area contributed by atoms with E-state index in [2.05, 4.69) is 20.6 Å². The van der Waals surface area contributed by atoms with Gasteiger partial charge < -0.3 is 25.1 Å². The van der Waals surface area contributed by atoms with Crippen LogP contribution in [0.4, 0.5) is 4.79 Å². The van der Waals surface area contributed by atoms with Gasteiger partial charge in [0, 0.05) is 0 Å². The van der Waals surface area contributed by atoms with E-state index in [1.165, 1.54) is 6.26 Å². The number of furan rings is 1. The summed E-state index contributed by atoms with van der Waals surface area (Å²) in [4.78, 5) is 19.5. The summed E-state index contributed by atoms with van der Waals surface area (Å²) < 4.78 is 5.07. The monoisotopic (exact) mass is 314 g/mol. The van der Waals surface area contributed by atoms with Crippen LogP contribution in [0.3, 0.4) is 0 Å². The van der Waals surface area contributed by atoms with Crippen LogP contribution in [0.15, 0.2) is 47.1 Å². The van der Waals surface area contributed by atoms with Crippen LogP contribution in [0.25, 0.3) is 11.0 Å². The Balaban J connectivity index is 1.54. The lowest BCUT2D eigenvalue weighted by molar-refractivity contribution is 0.147. The van der Waals surface area contributed by atoms with E-state index in [1.54, 1.807) is 12.1 Å². The number of amides is 2. The van der Waals surface area contributed by atoms with Crippen LogP contribution in [0.5, 0.6) is 0 Å². The molecule has 0 saturated carbocycles. The number of para-hydroxylation sites is 2. The fourth-order valence-corrected chi connectivity index (χ4v) is 2.26. The Morgan fingerprint density at radius 3 is 2.91 bits per heavy atom. The van der Waals surface area contributed by atoms with E-state index in [4.69, 9.17) is 4.42 Å². The molecule has 0 saturated heterocycles. The number of nitrogens with zero attached hydrogens (tertiary/aromatic N) is 1. The summed E-state index contributed by atoms with van der Waals surface area (Å²) in [6, 6.07) is 10.3. The standard InChI is InChI=1S/C16H18N4O3/c1-10(15-19-11-5-2-3-6-12(11)20-15)18-16(22)17-9-13(21)14-7-4-8-23-14/h2-8,10,13,21H,9H2,1H3,(H,19,20)(H2,17,18,22). The third-order valence-electron chi connectivity index (χ3n) is 3.49. The van der Waals surface area contributed by atoms with Gasteiger partial charge in [0.05, 0.1) is 29.9 Å². The third-order valence-corrected chi connectivity index (χ3v) is 3.49. The molecule has 0 aliphatic heterocycles. The smallest absolute Gasteiger partial charge is 0.315 e. The van der Waals surface area contributed by atoms with Gasteiger partial charge in [-0.3, -0.25) is 0 Å². The maximum absolute atomic E-state index is 11.9. The number of aliphatic hydroxyl groups is 1. The molecular weight excluding hydrogens is 296 g/mol. The second-order valence-electron chi connectivity index (χ2n) is 5.25. The van der Waals surface area contributed by atoms with Crippen molar-refractivity contribution < 1.29 is 14.3 Å². The van der Waals surface area contributed by atoms with Gasteiger partial charge in [0.2, 0.25) is 0 Å². The topological polar surface area (TPSA) is 103 Å². The maximum atomic E-state index is 11.9. The van der Waals surface area contributed by atoms with Gasteiger partial charge in [0.25, 0.3) is 0 Å². The molecule has 120 valence electrons. The second-order valence-corrected chi connectivity index (χ2v) is 5.25. The zero-order valence-electron chi connectivity index (χ0n) is 12.6. The van der Waals surface area contributed by atoms with Crippen molar-refractivity contribution in [2.24, 2.45) is 0 Å². The zero-order valence-corrected chi connectivity index (χ0v) is 12.6. The lowest BCUT2D eigenvalue weighted by Crippen LogP contribution is -2.39. The first-order chi connectivity index (χ1) is 11.1. The number of aliphatic hydroxyl groups excluding tert-OH is 1. The van der Waals surface area contributed by atoms with Crippen molar-refractivity contribution in [3.63, 3.8) is 0 Å². The molecule has 1 aromatic carbocycles. The van der Waals surface area contributed by atoms with Crippen molar-refractivity contribution in [1.82, 2.24) is 20.6 Å². The predicted octanol–water partition coefficient (Wildman–Crippen LogP) is 2.25. The normalized spacial score (nSPS) is 13.7. The fraction of sp³-hybridized carbons (Fsp3) is 0.250. The highest BCUT2D eigenvalue weighted by molar-refractivity contribution is 5.76. The van der Waals surface area contributed by atoms with Crippen molar-refractivity contribution in [2.45, 2.75) is 19.1 Å². The molecule has 2 heterocycles. The van der Waals surface area contributed by atoms with Crippen LogP contribution < -0.4 is 10.6 Å². The Hall–Kier alpha value is -2.80. The number of aromatic nitrogens is 2. The van der Waals surface area contributed by atoms with E-state index >= 15 is 0 Å². The van der Waals surface area contributed by atoms with Gasteiger partial charge in [0.1, 0.15) is 17.7 Å². The highest BCUT2D eigenvalue weighted by atomic mass is 16.4. The van der Waals surface area contributed by atoms with Gasteiger partial charge in [-0.1, -0.05) is 12.1 Å². The Morgan fingerprint density at radius 1 is 1.35 bits per heavy atom. The van der Waals surface area contributed by atoms with Crippen LogP contribution in [-0.2, 0) is 0 Å². The molecule has 2 unspecified atom stereocenters. The molecule has 4 N–H and O–H groups in total. The number of nitrogens with one attached hydrogen (secondary N) is 3. The van der Waals surface area contributed by atoms with Gasteiger partial charge in [-0.15, -0.1) is 0 Å². The summed E-state index contributed by atoms with van der Waals surface area (Å²) in [5.74, 6) is 1.09. The first-order valence-electron chi connectivity index (χ1n) is 7.34. The lowest BCUT2D eigenvalue weighted by atomic mass is 10.3. The van der Waals surface area contributed by atoms with Crippen LogP contribution in [-0.4, -0.2) is 27.7 Å². The van der Waals surface area contributed by atoms with E-state index in [0.29, 0.717) is 11.6 Å². The fourth-order valence-electron chi connectivity index (χ4n) is 2.26. The number of H-pyrrole nitrogens is 1. The van der Waals surface area contributed by atoms with Gasteiger partial charge in [-0.05, 0) is 31.2 Å². The molecule has 3 rings (SSSR count). The van der Waals surface area contributed by atoms with Crippen LogP contribution in [0.1, 0.15) is 30.7 Å². The number of imidazole rings is 1. The molecule has 2 atom stereocenters. The van der Waals surface area contributed by atoms with Gasteiger partial charge in [-0.2, -0.15) is 0 Å². The predicted molar refractivity (Wildman–Crippen MR) is 84.7 cm³/mol. The first kappa shape index (κ1) is 15.1. The highest BCUT2D eigenvalue weighted by Crippen LogP contribution is 2.15. The summed E-state index contributed by atoms with van der Waals surface area (Å²) in [5.41, 5.74) is 1.77. The van der Waals surface area contributed by atoms with Gasteiger partial charge in [0.15, 0.2) is 0 Å². The van der Waals surface area contributed by atoms with E-state index in [1.807, 2.05) is 31.2 Å². The maximum Gasteiger partial charge on any atom is 0.315 e. The molecule has 2 aromatic heterocycles. The third kappa shape index (κ3) is 3.51.